The average Bonchev–Trinajstić information content (AvgIpc) is 3.48. The number of allylic oxidation sites excluding steroid dienone is 2. The van der Waals surface area contributed by atoms with Crippen LogP contribution in [-0.4, -0.2) is 70.2 Å². The Morgan fingerprint density at radius 2 is 1.61 bits per heavy atom. The number of amides is 4. The van der Waals surface area contributed by atoms with Gasteiger partial charge >= 0.3 is 0 Å². The molecule has 3 aromatic rings. The van der Waals surface area contributed by atoms with Gasteiger partial charge in [-0.2, -0.15) is 0 Å². The number of phenolic OH excluding ortho intramolecular Hbond substituents is 1. The highest BCUT2D eigenvalue weighted by Gasteiger charge is 2.76. The number of aromatic hydroxyl groups is 1. The van der Waals surface area contributed by atoms with Gasteiger partial charge in [-0.1, -0.05) is 57.9 Å². The van der Waals surface area contributed by atoms with Gasteiger partial charge < -0.3 is 19.3 Å². The Morgan fingerprint density at radius 1 is 0.882 bits per heavy atom. The van der Waals surface area contributed by atoms with Crippen LogP contribution in [0.25, 0.3) is 12.2 Å². The van der Waals surface area contributed by atoms with Gasteiger partial charge in [0.1, 0.15) is 23.0 Å². The number of halogens is 3. The minimum absolute atomic E-state index is 0.155. The number of fused-ring (bicyclic) bond motifs is 4. The van der Waals surface area contributed by atoms with Crippen molar-refractivity contribution in [2.45, 2.75) is 28.5 Å². The Morgan fingerprint density at radius 3 is 2.27 bits per heavy atom. The van der Waals surface area contributed by atoms with Crippen LogP contribution in [0.4, 0.5) is 5.69 Å². The monoisotopic (exact) mass is 794 g/mol. The van der Waals surface area contributed by atoms with Gasteiger partial charge in [0.15, 0.2) is 9.75 Å². The number of phenols is 1. The third-order valence-electron chi connectivity index (χ3n) is 10.6. The molecule has 2 aliphatic heterocycles. The minimum atomic E-state index is -2.07. The fraction of sp³-hybridized carbons (Fsp3) is 0.316. The third kappa shape index (κ3) is 5.10. The normalized spacial score (nSPS) is 28.5. The summed E-state index contributed by atoms with van der Waals surface area (Å²) in [4.78, 5) is 54.5. The number of likely N-dealkylation sites (tertiary alicyclic amines) is 1. The molecule has 0 bridgehead atoms. The lowest BCUT2D eigenvalue weighted by molar-refractivity contribution is -0.138. The lowest BCUT2D eigenvalue weighted by Gasteiger charge is -2.50. The molecule has 0 aromatic heterocycles. The Labute approximate surface area is 312 Å². The van der Waals surface area contributed by atoms with Crippen LogP contribution in [0, 0.1) is 17.8 Å². The van der Waals surface area contributed by atoms with Crippen molar-refractivity contribution >= 4 is 80.6 Å². The van der Waals surface area contributed by atoms with E-state index in [1.165, 1.54) is 18.1 Å². The SMILES string of the molecule is COc1ccc(OC)c(C=Cc2ccc(N3C(=O)C4CC=C5C(CC6(Cl)C(=O)N(CBr)C(=O)C6(Cl)C5c5c(O)cccc5OC)C4C3=O)cc2)c1. The number of anilines is 1. The van der Waals surface area contributed by atoms with Gasteiger partial charge in [0.05, 0.1) is 44.3 Å². The van der Waals surface area contributed by atoms with Crippen molar-refractivity contribution in [3.8, 4) is 23.0 Å². The van der Waals surface area contributed by atoms with Gasteiger partial charge in [-0.25, -0.2) is 0 Å². The van der Waals surface area contributed by atoms with Gasteiger partial charge in [-0.05, 0) is 66.8 Å². The highest BCUT2D eigenvalue weighted by Crippen LogP contribution is 2.67. The number of imide groups is 2. The molecule has 13 heteroatoms. The molecule has 6 unspecified atom stereocenters. The van der Waals surface area contributed by atoms with Crippen molar-refractivity contribution in [2.24, 2.45) is 17.8 Å². The zero-order valence-electron chi connectivity index (χ0n) is 27.8. The molecule has 3 fully saturated rings. The number of hydrogen-bond acceptors (Lipinski definition) is 8. The zero-order chi connectivity index (χ0) is 36.4. The first-order valence-corrected chi connectivity index (χ1v) is 18.1. The topological polar surface area (TPSA) is 123 Å². The summed E-state index contributed by atoms with van der Waals surface area (Å²) in [5.74, 6) is -4.42. The quantitative estimate of drug-likeness (QED) is 0.0902. The van der Waals surface area contributed by atoms with E-state index in [1.807, 2.05) is 36.4 Å². The minimum Gasteiger partial charge on any atom is -0.508 e. The second kappa shape index (κ2) is 13.0. The van der Waals surface area contributed by atoms with Crippen LogP contribution in [0.5, 0.6) is 23.0 Å². The van der Waals surface area contributed by atoms with Gasteiger partial charge in [0.2, 0.25) is 11.8 Å². The fourth-order valence-electron chi connectivity index (χ4n) is 8.22. The predicted molar refractivity (Wildman–Crippen MR) is 195 cm³/mol. The third-order valence-corrected chi connectivity index (χ3v) is 12.5. The van der Waals surface area contributed by atoms with E-state index in [0.29, 0.717) is 22.8 Å². The van der Waals surface area contributed by atoms with Crippen molar-refractivity contribution < 1.29 is 38.5 Å². The van der Waals surface area contributed by atoms with E-state index in [-0.39, 0.29) is 41.3 Å². The zero-order valence-corrected chi connectivity index (χ0v) is 30.9. The number of nitrogens with zero attached hydrogens (tertiary/aromatic N) is 2. The second-order valence-corrected chi connectivity index (χ2v) is 14.7. The molecule has 0 radical (unpaired) electrons. The van der Waals surface area contributed by atoms with E-state index >= 15 is 0 Å². The number of methoxy groups -OCH3 is 3. The number of ether oxygens (including phenoxy) is 3. The molecule has 2 saturated heterocycles. The largest absolute Gasteiger partial charge is 0.508 e. The molecule has 4 amide bonds. The first-order valence-electron chi connectivity index (χ1n) is 16.2. The summed E-state index contributed by atoms with van der Waals surface area (Å²) in [6, 6.07) is 17.1. The van der Waals surface area contributed by atoms with Crippen LogP contribution < -0.4 is 19.1 Å². The number of benzene rings is 3. The van der Waals surface area contributed by atoms with E-state index in [4.69, 9.17) is 37.4 Å². The summed E-state index contributed by atoms with van der Waals surface area (Å²) >= 11 is 17.8. The molecule has 1 saturated carbocycles. The molecule has 2 heterocycles. The van der Waals surface area contributed by atoms with Crippen molar-refractivity contribution in [3.63, 3.8) is 0 Å². The molecule has 10 nitrogen and oxygen atoms in total. The smallest absolute Gasteiger partial charge is 0.254 e. The lowest BCUT2D eigenvalue weighted by atomic mass is 9.56. The van der Waals surface area contributed by atoms with Gasteiger partial charge in [0, 0.05) is 17.0 Å². The molecule has 3 aromatic carbocycles. The van der Waals surface area contributed by atoms with Crippen LogP contribution in [0.3, 0.4) is 0 Å². The first kappa shape index (κ1) is 35.1. The second-order valence-electron chi connectivity index (χ2n) is 12.9. The highest BCUT2D eigenvalue weighted by atomic mass is 79.9. The maximum Gasteiger partial charge on any atom is 0.254 e. The molecular formula is C38H33BrCl2N2O8. The number of rotatable bonds is 8. The lowest BCUT2D eigenvalue weighted by Crippen LogP contribution is -2.60. The summed E-state index contributed by atoms with van der Waals surface area (Å²) in [5, 5.41) is 11.2. The molecule has 264 valence electrons. The number of carbonyl (C=O) groups is 4. The summed E-state index contributed by atoms with van der Waals surface area (Å²) in [6.07, 6.45) is 5.59. The molecule has 0 spiro atoms. The maximum absolute atomic E-state index is 14.4. The van der Waals surface area contributed by atoms with Crippen molar-refractivity contribution in [1.29, 1.82) is 0 Å². The molecule has 4 aliphatic rings. The molecule has 1 N–H and O–H groups in total. The van der Waals surface area contributed by atoms with E-state index in [2.05, 4.69) is 15.9 Å². The van der Waals surface area contributed by atoms with Crippen LogP contribution in [0.2, 0.25) is 0 Å². The van der Waals surface area contributed by atoms with E-state index in [9.17, 15) is 24.3 Å². The Kier molecular flexibility index (Phi) is 8.96. The number of hydrogen-bond donors (Lipinski definition) is 1. The standard InChI is InChI=1S/C38H33BrCl2N2O8/c1-49-23-13-16-28(50-2)21(17-23)10-7-20-8-11-22(12-9-20)43-33(45)25-15-14-24-26(30(25)34(43)46)18-37(40)35(47)42(19-39)36(48)38(37,41)32(24)31-27(44)5-4-6-29(31)51-3/h4-14,16-17,25-26,30,32,44H,15,18-19H2,1-3H3. The number of carbonyl (C=O) groups excluding carboxylic acids is 4. The Hall–Kier alpha value is -4.32. The summed E-state index contributed by atoms with van der Waals surface area (Å²) < 4.78 is 16.4. The van der Waals surface area contributed by atoms with Crippen LogP contribution in [-0.2, 0) is 19.2 Å². The van der Waals surface area contributed by atoms with Crippen molar-refractivity contribution in [3.05, 3.63) is 89.0 Å². The Bertz CT molecular complexity index is 2040. The van der Waals surface area contributed by atoms with Crippen LogP contribution >= 0.6 is 39.1 Å². The van der Waals surface area contributed by atoms with Crippen molar-refractivity contribution in [1.82, 2.24) is 4.90 Å². The molecule has 2 aliphatic carbocycles. The summed E-state index contributed by atoms with van der Waals surface area (Å²) in [5.41, 5.74) is 2.60. The van der Waals surface area contributed by atoms with E-state index < -0.39 is 51.1 Å². The van der Waals surface area contributed by atoms with Gasteiger partial charge in [-0.3, -0.25) is 29.0 Å². The average molecular weight is 796 g/mol. The fourth-order valence-corrected chi connectivity index (χ4v) is 9.62. The highest BCUT2D eigenvalue weighted by molar-refractivity contribution is 9.09. The van der Waals surface area contributed by atoms with Gasteiger partial charge in [-0.15, -0.1) is 23.2 Å². The Balaban J connectivity index is 1.25. The van der Waals surface area contributed by atoms with E-state index in [0.717, 1.165) is 16.0 Å². The van der Waals surface area contributed by atoms with E-state index in [1.54, 1.807) is 50.6 Å². The van der Waals surface area contributed by atoms with Crippen LogP contribution in [0.15, 0.2) is 72.3 Å². The molecule has 6 atom stereocenters. The maximum atomic E-state index is 14.4. The number of alkyl halides is 3. The first-order chi connectivity index (χ1) is 24.4. The predicted octanol–water partition coefficient (Wildman–Crippen LogP) is 6.50. The van der Waals surface area contributed by atoms with Crippen LogP contribution in [0.1, 0.15) is 35.4 Å². The molecule has 7 rings (SSSR count). The van der Waals surface area contributed by atoms with Crippen molar-refractivity contribution in [2.75, 3.05) is 31.7 Å². The molecule has 51 heavy (non-hydrogen) atoms. The summed E-state index contributed by atoms with van der Waals surface area (Å²) in [6.45, 7) is 0. The summed E-state index contributed by atoms with van der Waals surface area (Å²) in [7, 11) is 4.59. The molecular weight excluding hydrogens is 763 g/mol. The van der Waals surface area contributed by atoms with Gasteiger partial charge in [0.25, 0.3) is 11.8 Å².